The number of hydrogen-bond donors (Lipinski definition) is 0. The van der Waals surface area contributed by atoms with Gasteiger partial charge in [-0.3, -0.25) is 23.8 Å². The maximum atomic E-state index is 12.9. The summed E-state index contributed by atoms with van der Waals surface area (Å²) in [6, 6.07) is 11.4. The van der Waals surface area contributed by atoms with Gasteiger partial charge in [0.25, 0.3) is 11.5 Å². The highest BCUT2D eigenvalue weighted by Crippen LogP contribution is 2.27. The van der Waals surface area contributed by atoms with Gasteiger partial charge < -0.3 is 0 Å². The maximum Gasteiger partial charge on any atom is 0.332 e. The van der Waals surface area contributed by atoms with Crippen molar-refractivity contribution in [1.82, 2.24) is 14.3 Å². The van der Waals surface area contributed by atoms with Crippen molar-refractivity contribution in [3.05, 3.63) is 75.8 Å². The molecule has 3 heterocycles. The number of fused-ring (bicyclic) bond motifs is 1. The molecule has 0 saturated carbocycles. The number of amides is 3. The zero-order valence-corrected chi connectivity index (χ0v) is 15.9. The zero-order valence-electron chi connectivity index (χ0n) is 15.9. The van der Waals surface area contributed by atoms with E-state index in [4.69, 9.17) is 0 Å². The molecule has 0 spiro atoms. The predicted molar refractivity (Wildman–Crippen MR) is 105 cm³/mol. The highest BCUT2D eigenvalue weighted by Gasteiger charge is 2.43. The van der Waals surface area contributed by atoms with Gasteiger partial charge in [0.1, 0.15) is 11.7 Å². The number of pyridine rings is 1. The highest BCUT2D eigenvalue weighted by atomic mass is 16.2. The first-order chi connectivity index (χ1) is 13.3. The lowest BCUT2D eigenvalue weighted by atomic mass is 10.2. The van der Waals surface area contributed by atoms with Crippen LogP contribution in [0.1, 0.15) is 23.7 Å². The van der Waals surface area contributed by atoms with Crippen LogP contribution in [0.5, 0.6) is 0 Å². The molecule has 0 radical (unpaired) electrons. The minimum absolute atomic E-state index is 0.0376. The largest absolute Gasteiger partial charge is 0.332 e. The highest BCUT2D eigenvalue weighted by molar-refractivity contribution is 6.13. The van der Waals surface area contributed by atoms with Gasteiger partial charge in [0.2, 0.25) is 0 Å². The maximum absolute atomic E-state index is 12.9. The van der Waals surface area contributed by atoms with E-state index in [9.17, 15) is 14.4 Å². The standard InChI is InChI=1S/C21H20N4O3/c1-13-4-6-17(7-5-13)25-15(3)20(27)24(21(25)28)12-16-11-19(26)23-9-8-14(2)10-18(23)22-16/h4-11,15H,12H2,1-3H3/t15-/m0/s1. The monoisotopic (exact) mass is 376 g/mol. The Bertz CT molecular complexity index is 1150. The van der Waals surface area contributed by atoms with Crippen molar-refractivity contribution in [3.8, 4) is 0 Å². The smallest absolute Gasteiger partial charge is 0.282 e. The minimum Gasteiger partial charge on any atom is -0.282 e. The lowest BCUT2D eigenvalue weighted by molar-refractivity contribution is -0.127. The number of aromatic nitrogens is 2. The fraction of sp³-hybridized carbons (Fsp3) is 0.238. The number of aryl methyl sites for hydroxylation is 2. The molecule has 0 N–H and O–H groups in total. The first-order valence-electron chi connectivity index (χ1n) is 9.05. The van der Waals surface area contributed by atoms with E-state index in [2.05, 4.69) is 4.98 Å². The van der Waals surface area contributed by atoms with Gasteiger partial charge in [0.05, 0.1) is 12.2 Å². The molecule has 3 aromatic rings. The molecule has 0 aliphatic carbocycles. The van der Waals surface area contributed by atoms with E-state index >= 15 is 0 Å². The van der Waals surface area contributed by atoms with Gasteiger partial charge in [-0.1, -0.05) is 17.7 Å². The molecular weight excluding hydrogens is 356 g/mol. The van der Waals surface area contributed by atoms with Crippen molar-refractivity contribution >= 4 is 23.3 Å². The van der Waals surface area contributed by atoms with Gasteiger partial charge in [0.15, 0.2) is 0 Å². The third kappa shape index (κ3) is 2.94. The Kier molecular flexibility index (Phi) is 4.22. The summed E-state index contributed by atoms with van der Waals surface area (Å²) in [4.78, 5) is 45.1. The van der Waals surface area contributed by atoms with Crippen molar-refractivity contribution in [2.45, 2.75) is 33.4 Å². The van der Waals surface area contributed by atoms with Crippen LogP contribution in [0, 0.1) is 13.8 Å². The summed E-state index contributed by atoms with van der Waals surface area (Å²) in [6.07, 6.45) is 1.66. The second-order valence-electron chi connectivity index (χ2n) is 7.11. The van der Waals surface area contributed by atoms with E-state index in [-0.39, 0.29) is 18.0 Å². The Labute approximate surface area is 161 Å². The molecule has 0 bridgehead atoms. The van der Waals surface area contributed by atoms with E-state index in [0.717, 1.165) is 16.0 Å². The zero-order chi connectivity index (χ0) is 20.0. The number of imide groups is 1. The first-order valence-corrected chi connectivity index (χ1v) is 9.05. The first kappa shape index (κ1) is 17.9. The number of hydrogen-bond acceptors (Lipinski definition) is 4. The van der Waals surface area contributed by atoms with Crippen molar-refractivity contribution in [1.29, 1.82) is 0 Å². The third-order valence-corrected chi connectivity index (χ3v) is 4.96. The summed E-state index contributed by atoms with van der Waals surface area (Å²) in [6.45, 7) is 5.53. The summed E-state index contributed by atoms with van der Waals surface area (Å²) in [5.41, 5.74) is 3.34. The Morgan fingerprint density at radius 3 is 2.39 bits per heavy atom. The van der Waals surface area contributed by atoms with Crippen LogP contribution >= 0.6 is 0 Å². The van der Waals surface area contributed by atoms with Crippen LogP contribution in [0.15, 0.2) is 53.5 Å². The Hall–Kier alpha value is -3.48. The number of anilines is 1. The fourth-order valence-corrected chi connectivity index (χ4v) is 3.41. The van der Waals surface area contributed by atoms with Crippen LogP contribution in [-0.4, -0.2) is 32.3 Å². The van der Waals surface area contributed by atoms with E-state index in [1.54, 1.807) is 19.2 Å². The fourth-order valence-electron chi connectivity index (χ4n) is 3.41. The second-order valence-corrected chi connectivity index (χ2v) is 7.11. The van der Waals surface area contributed by atoms with Gasteiger partial charge in [-0.15, -0.1) is 0 Å². The van der Waals surface area contributed by atoms with E-state index < -0.39 is 12.1 Å². The van der Waals surface area contributed by atoms with Crippen LogP contribution in [0.3, 0.4) is 0 Å². The number of benzene rings is 1. The quantitative estimate of drug-likeness (QED) is 0.659. The Balaban J connectivity index is 1.67. The van der Waals surface area contributed by atoms with Crippen LogP contribution in [0.25, 0.3) is 5.65 Å². The lowest BCUT2D eigenvalue weighted by Gasteiger charge is -2.19. The number of carbonyl (C=O) groups excluding carboxylic acids is 2. The van der Waals surface area contributed by atoms with Gasteiger partial charge in [-0.25, -0.2) is 9.78 Å². The van der Waals surface area contributed by atoms with Crippen molar-refractivity contribution < 1.29 is 9.59 Å². The summed E-state index contributed by atoms with van der Waals surface area (Å²) < 4.78 is 1.44. The molecule has 1 saturated heterocycles. The van der Waals surface area contributed by atoms with Crippen LogP contribution in [0.2, 0.25) is 0 Å². The molecule has 1 aromatic carbocycles. The Morgan fingerprint density at radius 2 is 1.68 bits per heavy atom. The molecule has 28 heavy (non-hydrogen) atoms. The molecule has 7 heteroatoms. The Morgan fingerprint density at radius 1 is 0.964 bits per heavy atom. The molecule has 0 unspecified atom stereocenters. The lowest BCUT2D eigenvalue weighted by Crippen LogP contribution is -2.34. The average molecular weight is 376 g/mol. The van der Waals surface area contributed by atoms with E-state index in [1.807, 2.05) is 44.2 Å². The van der Waals surface area contributed by atoms with Gasteiger partial charge in [0, 0.05) is 18.0 Å². The SMILES string of the molecule is Cc1ccc(N2C(=O)N(Cc3cc(=O)n4ccc(C)cc4n3)C(=O)[C@@H]2C)cc1. The molecule has 142 valence electrons. The summed E-state index contributed by atoms with van der Waals surface area (Å²) in [5.74, 6) is -0.309. The summed E-state index contributed by atoms with van der Waals surface area (Å²) in [5, 5.41) is 0. The average Bonchev–Trinajstić information content (AvgIpc) is 2.86. The molecule has 1 atom stereocenters. The predicted octanol–water partition coefficient (Wildman–Crippen LogP) is 2.67. The minimum atomic E-state index is -0.612. The molecule has 3 amide bonds. The molecule has 2 aromatic heterocycles. The third-order valence-electron chi connectivity index (χ3n) is 4.96. The second kappa shape index (κ2) is 6.60. The molecule has 7 nitrogen and oxygen atoms in total. The van der Waals surface area contributed by atoms with Gasteiger partial charge >= 0.3 is 6.03 Å². The van der Waals surface area contributed by atoms with Crippen LogP contribution in [0.4, 0.5) is 10.5 Å². The molecule has 1 aliphatic rings. The van der Waals surface area contributed by atoms with Crippen LogP contribution in [-0.2, 0) is 11.3 Å². The van der Waals surface area contributed by atoms with Gasteiger partial charge in [-0.05, 0) is 50.6 Å². The van der Waals surface area contributed by atoms with Crippen LogP contribution < -0.4 is 10.5 Å². The van der Waals surface area contributed by atoms with E-state index in [1.165, 1.54) is 15.4 Å². The number of nitrogens with zero attached hydrogens (tertiary/aromatic N) is 4. The molecule has 1 fully saturated rings. The molecular formula is C21H20N4O3. The van der Waals surface area contributed by atoms with Crippen molar-refractivity contribution in [2.75, 3.05) is 4.90 Å². The number of carbonyl (C=O) groups is 2. The summed E-state index contributed by atoms with van der Waals surface area (Å²) >= 11 is 0. The number of rotatable bonds is 3. The van der Waals surface area contributed by atoms with Crippen molar-refractivity contribution in [3.63, 3.8) is 0 Å². The summed E-state index contributed by atoms with van der Waals surface area (Å²) in [7, 11) is 0. The molecule has 4 rings (SSSR count). The topological polar surface area (TPSA) is 75.0 Å². The van der Waals surface area contributed by atoms with Crippen molar-refractivity contribution in [2.24, 2.45) is 0 Å². The van der Waals surface area contributed by atoms with E-state index in [0.29, 0.717) is 17.0 Å². The number of urea groups is 1. The normalized spacial score (nSPS) is 17.0. The molecule has 1 aliphatic heterocycles. The van der Waals surface area contributed by atoms with Gasteiger partial charge in [-0.2, -0.15) is 0 Å².